The highest BCUT2D eigenvalue weighted by Crippen LogP contribution is 2.32. The average Bonchev–Trinajstić information content (AvgIpc) is 3.51. The fourth-order valence-electron chi connectivity index (χ4n) is 3.93. The largest absolute Gasteiger partial charge is 0.454 e. The molecular weight excluding hydrogens is 474 g/mol. The van der Waals surface area contributed by atoms with Crippen LogP contribution in [0.3, 0.4) is 0 Å². The molecule has 178 valence electrons. The van der Waals surface area contributed by atoms with Gasteiger partial charge in [0.15, 0.2) is 27.4 Å². The van der Waals surface area contributed by atoms with Crippen LogP contribution in [-0.2, 0) is 17.9 Å². The second-order valence-corrected chi connectivity index (χ2v) is 9.97. The van der Waals surface area contributed by atoms with Crippen LogP contribution in [0.5, 0.6) is 11.5 Å². The number of nitrogens with one attached hydrogen (secondary N) is 1. The van der Waals surface area contributed by atoms with E-state index in [-0.39, 0.29) is 24.0 Å². The number of aromatic nitrogens is 3. The van der Waals surface area contributed by atoms with Crippen LogP contribution >= 0.6 is 23.1 Å². The number of carbonyl (C=O) groups is 1. The first-order valence-corrected chi connectivity index (χ1v) is 13.0. The van der Waals surface area contributed by atoms with Crippen molar-refractivity contribution in [3.63, 3.8) is 0 Å². The van der Waals surface area contributed by atoms with Crippen molar-refractivity contribution in [1.82, 2.24) is 19.9 Å². The number of benzene rings is 1. The third-order valence-electron chi connectivity index (χ3n) is 5.67. The van der Waals surface area contributed by atoms with Crippen molar-refractivity contribution in [2.75, 3.05) is 30.5 Å². The summed E-state index contributed by atoms with van der Waals surface area (Å²) in [6, 6.07) is 5.58. The maximum atomic E-state index is 13.2. The van der Waals surface area contributed by atoms with Crippen molar-refractivity contribution in [2.24, 2.45) is 0 Å². The molecule has 1 fully saturated rings. The van der Waals surface area contributed by atoms with Crippen molar-refractivity contribution in [2.45, 2.75) is 37.5 Å². The van der Waals surface area contributed by atoms with Gasteiger partial charge in [-0.05, 0) is 37.0 Å². The van der Waals surface area contributed by atoms with E-state index in [1.165, 1.54) is 29.5 Å². The van der Waals surface area contributed by atoms with E-state index in [1.54, 1.807) is 10.6 Å². The fraction of sp³-hybridized carbons (Fsp3) is 0.391. The van der Waals surface area contributed by atoms with Crippen LogP contribution < -0.4 is 25.2 Å². The van der Waals surface area contributed by atoms with E-state index < -0.39 is 0 Å². The summed E-state index contributed by atoms with van der Waals surface area (Å²) >= 11 is 2.62. The summed E-state index contributed by atoms with van der Waals surface area (Å²) in [5, 5.41) is 4.20. The summed E-state index contributed by atoms with van der Waals surface area (Å²) in [6.07, 6.45) is 5.15. The van der Waals surface area contributed by atoms with E-state index in [0.717, 1.165) is 36.6 Å². The van der Waals surface area contributed by atoms with E-state index in [2.05, 4.69) is 26.8 Å². The smallest absolute Gasteiger partial charge is 0.274 e. The van der Waals surface area contributed by atoms with Gasteiger partial charge in [-0.1, -0.05) is 35.2 Å². The van der Waals surface area contributed by atoms with Crippen molar-refractivity contribution in [1.29, 1.82) is 0 Å². The van der Waals surface area contributed by atoms with Crippen LogP contribution in [0.15, 0.2) is 40.8 Å². The van der Waals surface area contributed by atoms with Crippen molar-refractivity contribution >= 4 is 44.5 Å². The standard InChI is InChI=1S/C23H25N5O4S2/c1-2-8-28-21(30)19-20(25-22(34-19)27-9-4-3-5-10-27)26-23(28)33-13-18(29)24-12-15-6-7-16-17(11-15)32-14-31-16/h2,6-7,11H,1,3-5,8-10,12-14H2,(H,24,29). The molecule has 2 aromatic heterocycles. The number of anilines is 1. The minimum absolute atomic E-state index is 0.128. The predicted molar refractivity (Wildman–Crippen MR) is 133 cm³/mol. The van der Waals surface area contributed by atoms with E-state index in [4.69, 9.17) is 9.47 Å². The van der Waals surface area contributed by atoms with Crippen molar-refractivity contribution < 1.29 is 14.3 Å². The van der Waals surface area contributed by atoms with Gasteiger partial charge in [-0.25, -0.2) is 4.98 Å². The predicted octanol–water partition coefficient (Wildman–Crippen LogP) is 3.17. The van der Waals surface area contributed by atoms with E-state index in [1.807, 2.05) is 18.2 Å². The first-order chi connectivity index (χ1) is 16.6. The lowest BCUT2D eigenvalue weighted by atomic mass is 10.1. The summed E-state index contributed by atoms with van der Waals surface area (Å²) in [5.74, 6) is 1.36. The van der Waals surface area contributed by atoms with Gasteiger partial charge in [-0.3, -0.25) is 14.2 Å². The highest BCUT2D eigenvalue weighted by atomic mass is 32.2. The number of thiazole rings is 1. The van der Waals surface area contributed by atoms with Gasteiger partial charge in [0, 0.05) is 26.2 Å². The quantitative estimate of drug-likeness (QED) is 0.287. The fourth-order valence-corrected chi connectivity index (χ4v) is 5.76. The molecule has 11 heteroatoms. The number of piperidine rings is 1. The molecule has 1 saturated heterocycles. The summed E-state index contributed by atoms with van der Waals surface area (Å²) in [5.41, 5.74) is 1.21. The third-order valence-corrected chi connectivity index (χ3v) is 7.74. The lowest BCUT2D eigenvalue weighted by Crippen LogP contribution is -2.29. The molecule has 0 bridgehead atoms. The number of ether oxygens (including phenoxy) is 2. The molecule has 9 nitrogen and oxygen atoms in total. The Balaban J connectivity index is 1.28. The second kappa shape index (κ2) is 10.1. The number of thioether (sulfide) groups is 1. The Labute approximate surface area is 204 Å². The molecule has 0 unspecified atom stereocenters. The van der Waals surface area contributed by atoms with Gasteiger partial charge in [0.2, 0.25) is 12.7 Å². The van der Waals surface area contributed by atoms with Crippen LogP contribution in [0.1, 0.15) is 24.8 Å². The topological polar surface area (TPSA) is 98.6 Å². The van der Waals surface area contributed by atoms with Gasteiger partial charge in [0.1, 0.15) is 4.70 Å². The van der Waals surface area contributed by atoms with E-state index in [0.29, 0.717) is 40.1 Å². The van der Waals surface area contributed by atoms with Gasteiger partial charge < -0.3 is 19.7 Å². The molecule has 3 aromatic rings. The van der Waals surface area contributed by atoms with Gasteiger partial charge in [0.25, 0.3) is 5.56 Å². The molecule has 1 N–H and O–H groups in total. The highest BCUT2D eigenvalue weighted by Gasteiger charge is 2.20. The van der Waals surface area contributed by atoms with Crippen LogP contribution in [0.2, 0.25) is 0 Å². The molecule has 0 atom stereocenters. The van der Waals surface area contributed by atoms with Crippen LogP contribution in [-0.4, -0.2) is 46.1 Å². The monoisotopic (exact) mass is 499 g/mol. The van der Waals surface area contributed by atoms with Gasteiger partial charge in [0.05, 0.1) is 5.75 Å². The summed E-state index contributed by atoms with van der Waals surface area (Å²) < 4.78 is 12.8. The van der Waals surface area contributed by atoms with Crippen LogP contribution in [0.25, 0.3) is 10.3 Å². The summed E-state index contributed by atoms with van der Waals surface area (Å²) in [4.78, 5) is 37.2. The molecule has 0 aliphatic carbocycles. The molecule has 1 aromatic carbocycles. The van der Waals surface area contributed by atoms with Gasteiger partial charge >= 0.3 is 0 Å². The molecule has 0 radical (unpaired) electrons. The number of rotatable bonds is 8. The molecular formula is C23H25N5O4S2. The maximum Gasteiger partial charge on any atom is 0.274 e. The van der Waals surface area contributed by atoms with Gasteiger partial charge in [-0.2, -0.15) is 4.98 Å². The first kappa shape index (κ1) is 22.7. The Morgan fingerprint density at radius 3 is 2.85 bits per heavy atom. The number of carbonyl (C=O) groups excluding carboxylic acids is 1. The molecule has 4 heterocycles. The number of hydrogen-bond acceptors (Lipinski definition) is 9. The Morgan fingerprint density at radius 2 is 2.03 bits per heavy atom. The van der Waals surface area contributed by atoms with Crippen LogP contribution in [0.4, 0.5) is 5.13 Å². The molecule has 34 heavy (non-hydrogen) atoms. The molecule has 2 aliphatic heterocycles. The first-order valence-electron chi connectivity index (χ1n) is 11.2. The minimum atomic E-state index is -0.158. The third kappa shape index (κ3) is 4.76. The Hall–Kier alpha value is -3.05. The number of hydrogen-bond donors (Lipinski definition) is 1. The van der Waals surface area contributed by atoms with E-state index in [9.17, 15) is 9.59 Å². The Morgan fingerprint density at radius 1 is 1.21 bits per heavy atom. The lowest BCUT2D eigenvalue weighted by molar-refractivity contribution is -0.118. The SMILES string of the molecule is C=CCn1c(SCC(=O)NCc2ccc3c(c2)OCO3)nc2nc(N3CCCCC3)sc2c1=O. The summed E-state index contributed by atoms with van der Waals surface area (Å²) in [6.45, 7) is 6.56. The van der Waals surface area contributed by atoms with E-state index >= 15 is 0 Å². The van der Waals surface area contributed by atoms with Crippen molar-refractivity contribution in [3.05, 3.63) is 46.8 Å². The number of allylic oxidation sites excluding steroid dienone is 1. The maximum absolute atomic E-state index is 13.2. The molecule has 0 saturated carbocycles. The van der Waals surface area contributed by atoms with Crippen LogP contribution in [0, 0.1) is 0 Å². The Bertz CT molecular complexity index is 1280. The summed E-state index contributed by atoms with van der Waals surface area (Å²) in [7, 11) is 0. The number of fused-ring (bicyclic) bond motifs is 2. The molecule has 5 rings (SSSR count). The lowest BCUT2D eigenvalue weighted by Gasteiger charge is -2.25. The average molecular weight is 500 g/mol. The highest BCUT2D eigenvalue weighted by molar-refractivity contribution is 7.99. The van der Waals surface area contributed by atoms with Gasteiger partial charge in [-0.15, -0.1) is 6.58 Å². The zero-order valence-electron chi connectivity index (χ0n) is 18.6. The van der Waals surface area contributed by atoms with Crippen molar-refractivity contribution in [3.8, 4) is 11.5 Å². The number of amides is 1. The number of nitrogens with zero attached hydrogens (tertiary/aromatic N) is 4. The second-order valence-electron chi connectivity index (χ2n) is 8.05. The molecule has 0 spiro atoms. The molecule has 2 aliphatic rings. The zero-order chi connectivity index (χ0) is 23.5. The Kier molecular flexibility index (Phi) is 6.73. The zero-order valence-corrected chi connectivity index (χ0v) is 20.3. The minimum Gasteiger partial charge on any atom is -0.454 e. The normalized spacial score (nSPS) is 15.0. The molecule has 1 amide bonds.